The molecular weight excluding hydrogens is 303 g/mol. The molecule has 22 heavy (non-hydrogen) atoms. The van der Waals surface area contributed by atoms with Crippen LogP contribution in [0.15, 0.2) is 24.3 Å². The molecular formula is C13H14F3N3O3. The monoisotopic (exact) mass is 317 g/mol. The summed E-state index contributed by atoms with van der Waals surface area (Å²) in [7, 11) is 0. The average Bonchev–Trinajstić information content (AvgIpc) is 2.44. The molecule has 0 aromatic heterocycles. The van der Waals surface area contributed by atoms with Crippen LogP contribution < -0.4 is 16.2 Å². The summed E-state index contributed by atoms with van der Waals surface area (Å²) in [5, 5.41) is 12.1. The second-order valence-corrected chi connectivity index (χ2v) is 4.81. The number of aliphatic hydroxyl groups is 1. The Hall–Kier alpha value is -2.29. The molecule has 0 aliphatic carbocycles. The van der Waals surface area contributed by atoms with Crippen LogP contribution in [0.3, 0.4) is 0 Å². The van der Waals surface area contributed by atoms with Crippen LogP contribution in [0.25, 0.3) is 0 Å². The number of hydrazine groups is 1. The van der Waals surface area contributed by atoms with Crippen molar-refractivity contribution in [3.8, 4) is 0 Å². The van der Waals surface area contributed by atoms with Gasteiger partial charge in [-0.05, 0) is 30.7 Å². The van der Waals surface area contributed by atoms with Crippen molar-refractivity contribution >= 4 is 17.5 Å². The second kappa shape index (κ2) is 6.22. The number of anilines is 1. The van der Waals surface area contributed by atoms with E-state index in [1.807, 2.05) is 0 Å². The highest BCUT2D eigenvalue weighted by Crippen LogP contribution is 2.29. The Labute approximate surface area is 123 Å². The molecule has 6 nitrogen and oxygen atoms in total. The predicted molar refractivity (Wildman–Crippen MR) is 70.3 cm³/mol. The Balaban J connectivity index is 1.95. The zero-order chi connectivity index (χ0) is 16.3. The molecule has 2 amide bonds. The van der Waals surface area contributed by atoms with Crippen LogP contribution in [0.2, 0.25) is 0 Å². The molecule has 0 bridgehead atoms. The summed E-state index contributed by atoms with van der Waals surface area (Å²) in [6.45, 7) is 0.288. The number of halogens is 3. The summed E-state index contributed by atoms with van der Waals surface area (Å²) in [4.78, 5) is 23.4. The third-order valence-electron chi connectivity index (χ3n) is 3.23. The largest absolute Gasteiger partial charge is 0.416 e. The van der Waals surface area contributed by atoms with E-state index in [-0.39, 0.29) is 18.7 Å². The van der Waals surface area contributed by atoms with Crippen molar-refractivity contribution < 1.29 is 27.9 Å². The SMILES string of the molecule is O=C1NCCC(O)C1C(=O)NNc1ccc(C(F)(F)F)cc1. The second-order valence-electron chi connectivity index (χ2n) is 4.81. The lowest BCUT2D eigenvalue weighted by Gasteiger charge is -2.26. The van der Waals surface area contributed by atoms with Gasteiger partial charge >= 0.3 is 6.18 Å². The van der Waals surface area contributed by atoms with Crippen LogP contribution in [-0.4, -0.2) is 29.6 Å². The first kappa shape index (κ1) is 16.1. The van der Waals surface area contributed by atoms with E-state index in [1.165, 1.54) is 0 Å². The van der Waals surface area contributed by atoms with Crippen LogP contribution in [-0.2, 0) is 15.8 Å². The summed E-state index contributed by atoms with van der Waals surface area (Å²) in [6, 6.07) is 3.99. The molecule has 1 aromatic carbocycles. The number of hydrogen-bond acceptors (Lipinski definition) is 4. The molecule has 0 radical (unpaired) electrons. The van der Waals surface area contributed by atoms with Crippen molar-refractivity contribution in [1.29, 1.82) is 0 Å². The maximum Gasteiger partial charge on any atom is 0.416 e. The lowest BCUT2D eigenvalue weighted by atomic mass is 9.95. The standard InChI is InChI=1S/C13H14F3N3O3/c14-13(15,16)7-1-3-8(4-2-7)18-19-12(22)10-9(20)5-6-17-11(10)21/h1-4,9-10,18,20H,5-6H2,(H,17,21)(H,19,22). The van der Waals surface area contributed by atoms with Gasteiger partial charge in [0.25, 0.3) is 5.91 Å². The van der Waals surface area contributed by atoms with Gasteiger partial charge in [0.15, 0.2) is 0 Å². The fourth-order valence-electron chi connectivity index (χ4n) is 2.04. The summed E-state index contributed by atoms with van der Waals surface area (Å²) < 4.78 is 37.2. The fourth-order valence-corrected chi connectivity index (χ4v) is 2.04. The van der Waals surface area contributed by atoms with Crippen molar-refractivity contribution in [3.05, 3.63) is 29.8 Å². The Morgan fingerprint density at radius 2 is 1.91 bits per heavy atom. The van der Waals surface area contributed by atoms with Gasteiger partial charge < -0.3 is 10.4 Å². The number of nitrogens with one attached hydrogen (secondary N) is 3. The van der Waals surface area contributed by atoms with E-state index in [0.29, 0.717) is 0 Å². The Kier molecular flexibility index (Phi) is 4.55. The molecule has 1 heterocycles. The molecule has 1 fully saturated rings. The Morgan fingerprint density at radius 3 is 2.45 bits per heavy atom. The first-order chi connectivity index (χ1) is 10.3. The summed E-state index contributed by atoms with van der Waals surface area (Å²) in [5.41, 5.74) is 4.00. The van der Waals surface area contributed by atoms with E-state index >= 15 is 0 Å². The lowest BCUT2D eigenvalue weighted by molar-refractivity contribution is -0.142. The van der Waals surface area contributed by atoms with Gasteiger partial charge in [0.1, 0.15) is 5.92 Å². The number of carbonyl (C=O) groups is 2. The normalized spacial score (nSPS) is 21.9. The van der Waals surface area contributed by atoms with E-state index in [0.717, 1.165) is 24.3 Å². The Morgan fingerprint density at radius 1 is 1.27 bits per heavy atom. The van der Waals surface area contributed by atoms with Gasteiger partial charge in [-0.25, -0.2) is 0 Å². The van der Waals surface area contributed by atoms with E-state index in [2.05, 4.69) is 16.2 Å². The molecule has 0 saturated carbocycles. The zero-order valence-corrected chi connectivity index (χ0v) is 11.3. The van der Waals surface area contributed by atoms with Crippen molar-refractivity contribution in [2.45, 2.75) is 18.7 Å². The molecule has 1 aromatic rings. The molecule has 0 spiro atoms. The lowest BCUT2D eigenvalue weighted by Crippen LogP contribution is -2.52. The minimum Gasteiger partial charge on any atom is -0.392 e. The first-order valence-electron chi connectivity index (χ1n) is 6.48. The number of aliphatic hydroxyl groups excluding tert-OH is 1. The maximum absolute atomic E-state index is 12.4. The summed E-state index contributed by atoms with van der Waals surface area (Å²) in [6.07, 6.45) is -5.28. The number of rotatable bonds is 3. The van der Waals surface area contributed by atoms with Gasteiger partial charge in [-0.2, -0.15) is 13.2 Å². The molecule has 4 N–H and O–H groups in total. The number of benzene rings is 1. The highest BCUT2D eigenvalue weighted by Gasteiger charge is 2.36. The van der Waals surface area contributed by atoms with Crippen molar-refractivity contribution in [1.82, 2.24) is 10.7 Å². The fraction of sp³-hybridized carbons (Fsp3) is 0.385. The Bertz CT molecular complexity index is 560. The van der Waals surface area contributed by atoms with E-state index in [9.17, 15) is 27.9 Å². The quantitative estimate of drug-likeness (QED) is 0.487. The highest BCUT2D eigenvalue weighted by atomic mass is 19.4. The van der Waals surface area contributed by atoms with Crippen LogP contribution in [0.5, 0.6) is 0 Å². The van der Waals surface area contributed by atoms with Gasteiger partial charge in [-0.3, -0.25) is 20.4 Å². The number of piperidine rings is 1. The van der Waals surface area contributed by atoms with Crippen LogP contribution in [0.1, 0.15) is 12.0 Å². The van der Waals surface area contributed by atoms with Crippen molar-refractivity contribution in [2.75, 3.05) is 12.0 Å². The third-order valence-corrected chi connectivity index (χ3v) is 3.23. The highest BCUT2D eigenvalue weighted by molar-refractivity contribution is 6.01. The molecule has 1 aliphatic rings. The minimum atomic E-state index is -4.44. The molecule has 2 rings (SSSR count). The third kappa shape index (κ3) is 3.67. The minimum absolute atomic E-state index is 0.215. The van der Waals surface area contributed by atoms with Gasteiger partial charge in [0, 0.05) is 6.54 Å². The molecule has 1 saturated heterocycles. The number of hydrogen-bond donors (Lipinski definition) is 4. The first-order valence-corrected chi connectivity index (χ1v) is 6.48. The van der Waals surface area contributed by atoms with Crippen LogP contribution in [0, 0.1) is 5.92 Å². The number of carbonyl (C=O) groups excluding carboxylic acids is 2. The van der Waals surface area contributed by atoms with Crippen molar-refractivity contribution in [3.63, 3.8) is 0 Å². The van der Waals surface area contributed by atoms with Gasteiger partial charge in [0.2, 0.25) is 5.91 Å². The van der Waals surface area contributed by atoms with Gasteiger partial charge in [-0.15, -0.1) is 0 Å². The molecule has 9 heteroatoms. The molecule has 2 atom stereocenters. The van der Waals surface area contributed by atoms with E-state index < -0.39 is 35.6 Å². The number of alkyl halides is 3. The predicted octanol–water partition coefficient (Wildman–Crippen LogP) is 0.646. The zero-order valence-electron chi connectivity index (χ0n) is 11.3. The van der Waals surface area contributed by atoms with Gasteiger partial charge in [-0.1, -0.05) is 0 Å². The van der Waals surface area contributed by atoms with Crippen molar-refractivity contribution in [2.24, 2.45) is 5.92 Å². The molecule has 1 aliphatic heterocycles. The van der Waals surface area contributed by atoms with E-state index in [4.69, 9.17) is 0 Å². The van der Waals surface area contributed by atoms with Crippen LogP contribution >= 0.6 is 0 Å². The molecule has 120 valence electrons. The van der Waals surface area contributed by atoms with Crippen LogP contribution in [0.4, 0.5) is 18.9 Å². The average molecular weight is 317 g/mol. The maximum atomic E-state index is 12.4. The van der Waals surface area contributed by atoms with E-state index in [1.54, 1.807) is 0 Å². The smallest absolute Gasteiger partial charge is 0.392 e. The topological polar surface area (TPSA) is 90.5 Å². The summed E-state index contributed by atoms with van der Waals surface area (Å²) >= 11 is 0. The summed E-state index contributed by atoms with van der Waals surface area (Å²) in [5.74, 6) is -2.61. The molecule has 2 unspecified atom stereocenters. The number of amides is 2. The van der Waals surface area contributed by atoms with Gasteiger partial charge in [0.05, 0.1) is 17.4 Å².